The van der Waals surface area contributed by atoms with Crippen molar-refractivity contribution in [1.29, 1.82) is 0 Å². The topological polar surface area (TPSA) is 46.3 Å². The van der Waals surface area contributed by atoms with Crippen molar-refractivity contribution >= 4 is 29.7 Å². The average Bonchev–Trinajstić information content (AvgIpc) is 2.65. The second-order valence-corrected chi connectivity index (χ2v) is 5.78. The van der Waals surface area contributed by atoms with Crippen LogP contribution >= 0.6 is 23.7 Å². The minimum absolute atomic E-state index is 0. The Morgan fingerprint density at radius 2 is 2.12 bits per heavy atom. The molecule has 2 heterocycles. The molecule has 2 N–H and O–H groups in total. The van der Waals surface area contributed by atoms with E-state index in [0.29, 0.717) is 6.42 Å². The van der Waals surface area contributed by atoms with Gasteiger partial charge in [0.05, 0.1) is 6.42 Å². The van der Waals surface area contributed by atoms with Crippen LogP contribution in [0.2, 0.25) is 0 Å². The molecule has 0 radical (unpaired) electrons. The predicted molar refractivity (Wildman–Crippen MR) is 73.8 cm³/mol. The normalized spacial score (nSPS) is 16.7. The highest BCUT2D eigenvalue weighted by Crippen LogP contribution is 2.17. The Morgan fingerprint density at radius 1 is 1.47 bits per heavy atom. The third-order valence-electron chi connectivity index (χ3n) is 3.01. The molecule has 0 atom stereocenters. The summed E-state index contributed by atoms with van der Waals surface area (Å²) in [6.07, 6.45) is 2.43. The van der Waals surface area contributed by atoms with E-state index in [2.05, 4.69) is 13.0 Å². The molecule has 96 valence electrons. The van der Waals surface area contributed by atoms with Crippen LogP contribution in [0.5, 0.6) is 0 Å². The fourth-order valence-corrected chi connectivity index (χ4v) is 2.87. The van der Waals surface area contributed by atoms with Gasteiger partial charge in [0.15, 0.2) is 0 Å². The molecule has 0 unspecified atom stereocenters. The van der Waals surface area contributed by atoms with Crippen LogP contribution in [-0.2, 0) is 11.2 Å². The van der Waals surface area contributed by atoms with Crippen molar-refractivity contribution in [1.82, 2.24) is 4.90 Å². The van der Waals surface area contributed by atoms with Crippen LogP contribution in [-0.4, -0.2) is 29.9 Å². The van der Waals surface area contributed by atoms with Crippen molar-refractivity contribution in [2.75, 3.05) is 13.1 Å². The number of likely N-dealkylation sites (tertiary alicyclic amines) is 1. The lowest BCUT2D eigenvalue weighted by atomic mass is 10.1. The molecule has 1 aromatic rings. The number of rotatable bonds is 2. The van der Waals surface area contributed by atoms with Gasteiger partial charge in [0.2, 0.25) is 5.91 Å². The van der Waals surface area contributed by atoms with Gasteiger partial charge in [-0.25, -0.2) is 0 Å². The molecule has 1 aromatic heterocycles. The second kappa shape index (κ2) is 6.38. The smallest absolute Gasteiger partial charge is 0.227 e. The molecule has 3 nitrogen and oxygen atoms in total. The summed E-state index contributed by atoms with van der Waals surface area (Å²) in [4.78, 5) is 16.3. The SMILES string of the molecule is Cc1ccc(CC(=O)N2CCC(N)CC2)s1.Cl. The number of halogens is 1. The minimum Gasteiger partial charge on any atom is -0.342 e. The Balaban J connectivity index is 0.00000144. The molecule has 1 aliphatic rings. The highest BCUT2D eigenvalue weighted by atomic mass is 35.5. The number of carbonyl (C=O) groups excluding carboxylic acids is 1. The number of amides is 1. The van der Waals surface area contributed by atoms with Gasteiger partial charge in [0, 0.05) is 28.9 Å². The maximum absolute atomic E-state index is 12.0. The van der Waals surface area contributed by atoms with E-state index < -0.39 is 0 Å². The number of hydrogen-bond donors (Lipinski definition) is 1. The number of hydrogen-bond acceptors (Lipinski definition) is 3. The van der Waals surface area contributed by atoms with Crippen molar-refractivity contribution in [3.05, 3.63) is 21.9 Å². The number of nitrogens with zero attached hydrogens (tertiary/aromatic N) is 1. The van der Waals surface area contributed by atoms with Crippen LogP contribution in [0.4, 0.5) is 0 Å². The molecule has 0 aliphatic carbocycles. The van der Waals surface area contributed by atoms with Gasteiger partial charge in [-0.05, 0) is 31.9 Å². The molecule has 0 bridgehead atoms. The number of piperidine rings is 1. The zero-order valence-corrected chi connectivity index (χ0v) is 11.6. The van der Waals surface area contributed by atoms with Gasteiger partial charge < -0.3 is 10.6 Å². The Morgan fingerprint density at radius 3 is 2.65 bits per heavy atom. The standard InChI is InChI=1S/C12H18N2OS.ClH/c1-9-2-3-11(16-9)8-12(15)14-6-4-10(13)5-7-14;/h2-3,10H,4-8,13H2,1H3;1H. The van der Waals surface area contributed by atoms with Crippen LogP contribution in [0.15, 0.2) is 12.1 Å². The van der Waals surface area contributed by atoms with Gasteiger partial charge in [-0.1, -0.05) is 0 Å². The lowest BCUT2D eigenvalue weighted by Crippen LogP contribution is -2.43. The highest BCUT2D eigenvalue weighted by Gasteiger charge is 2.20. The van der Waals surface area contributed by atoms with Crippen molar-refractivity contribution in [3.63, 3.8) is 0 Å². The summed E-state index contributed by atoms with van der Waals surface area (Å²) in [5, 5.41) is 0. The van der Waals surface area contributed by atoms with E-state index in [-0.39, 0.29) is 24.4 Å². The third kappa shape index (κ3) is 3.98. The Hall–Kier alpha value is -0.580. The quantitative estimate of drug-likeness (QED) is 0.896. The third-order valence-corrected chi connectivity index (χ3v) is 4.01. The molecule has 17 heavy (non-hydrogen) atoms. The molecule has 1 amide bonds. The fraction of sp³-hybridized carbons (Fsp3) is 0.583. The van der Waals surface area contributed by atoms with E-state index in [1.165, 1.54) is 4.88 Å². The first-order chi connectivity index (χ1) is 7.65. The zero-order chi connectivity index (χ0) is 11.5. The first-order valence-corrected chi connectivity index (χ1v) is 6.55. The van der Waals surface area contributed by atoms with Gasteiger partial charge in [-0.3, -0.25) is 4.79 Å². The number of nitrogens with two attached hydrogens (primary N) is 1. The Bertz CT molecular complexity index is 372. The van der Waals surface area contributed by atoms with Crippen LogP contribution in [0, 0.1) is 6.92 Å². The lowest BCUT2D eigenvalue weighted by molar-refractivity contribution is -0.131. The van der Waals surface area contributed by atoms with E-state index in [0.717, 1.165) is 30.8 Å². The number of carbonyl (C=O) groups is 1. The largest absolute Gasteiger partial charge is 0.342 e. The van der Waals surface area contributed by atoms with E-state index >= 15 is 0 Å². The van der Waals surface area contributed by atoms with Crippen LogP contribution in [0.1, 0.15) is 22.6 Å². The Labute approximate surface area is 112 Å². The van der Waals surface area contributed by atoms with Crippen LogP contribution in [0.3, 0.4) is 0 Å². The molecular weight excluding hydrogens is 256 g/mol. The van der Waals surface area contributed by atoms with Crippen LogP contribution in [0.25, 0.3) is 0 Å². The van der Waals surface area contributed by atoms with Crippen molar-refractivity contribution in [3.8, 4) is 0 Å². The summed E-state index contributed by atoms with van der Waals surface area (Å²) >= 11 is 1.71. The molecule has 1 saturated heterocycles. The van der Waals surface area contributed by atoms with Gasteiger partial charge in [0.1, 0.15) is 0 Å². The lowest BCUT2D eigenvalue weighted by Gasteiger charge is -2.30. The molecule has 0 spiro atoms. The molecule has 1 fully saturated rings. The first kappa shape index (κ1) is 14.5. The Kier molecular flexibility index (Phi) is 5.43. The highest BCUT2D eigenvalue weighted by molar-refractivity contribution is 7.12. The fourth-order valence-electron chi connectivity index (χ4n) is 1.99. The van der Waals surface area contributed by atoms with Gasteiger partial charge in [0.25, 0.3) is 0 Å². The zero-order valence-electron chi connectivity index (χ0n) is 10.0. The monoisotopic (exact) mass is 274 g/mol. The summed E-state index contributed by atoms with van der Waals surface area (Å²) in [5.41, 5.74) is 5.82. The number of thiophene rings is 1. The summed E-state index contributed by atoms with van der Waals surface area (Å²) in [7, 11) is 0. The molecule has 2 rings (SSSR count). The summed E-state index contributed by atoms with van der Waals surface area (Å²) in [6.45, 7) is 3.72. The van der Waals surface area contributed by atoms with Gasteiger partial charge >= 0.3 is 0 Å². The predicted octanol–water partition coefficient (Wildman–Crippen LogP) is 1.97. The average molecular weight is 275 g/mol. The summed E-state index contributed by atoms with van der Waals surface area (Å²) < 4.78 is 0. The van der Waals surface area contributed by atoms with E-state index in [1.807, 2.05) is 11.0 Å². The second-order valence-electron chi connectivity index (χ2n) is 4.41. The van der Waals surface area contributed by atoms with Crippen LogP contribution < -0.4 is 5.73 Å². The molecule has 1 aliphatic heterocycles. The molecule has 5 heteroatoms. The maximum Gasteiger partial charge on any atom is 0.227 e. The van der Waals surface area contributed by atoms with Gasteiger partial charge in [-0.2, -0.15) is 0 Å². The van der Waals surface area contributed by atoms with Crippen molar-refractivity contribution < 1.29 is 4.79 Å². The minimum atomic E-state index is 0. The first-order valence-electron chi connectivity index (χ1n) is 5.74. The van der Waals surface area contributed by atoms with E-state index in [9.17, 15) is 4.79 Å². The van der Waals surface area contributed by atoms with E-state index in [4.69, 9.17) is 5.73 Å². The summed E-state index contributed by atoms with van der Waals surface area (Å²) in [6, 6.07) is 4.40. The molecule has 0 saturated carbocycles. The van der Waals surface area contributed by atoms with Crippen molar-refractivity contribution in [2.45, 2.75) is 32.2 Å². The van der Waals surface area contributed by atoms with Gasteiger partial charge in [-0.15, -0.1) is 23.7 Å². The van der Waals surface area contributed by atoms with Crippen molar-refractivity contribution in [2.24, 2.45) is 5.73 Å². The number of aryl methyl sites for hydroxylation is 1. The molecular formula is C12H19ClN2OS. The van der Waals surface area contributed by atoms with E-state index in [1.54, 1.807) is 11.3 Å². The molecule has 0 aromatic carbocycles. The summed E-state index contributed by atoms with van der Waals surface area (Å²) in [5.74, 6) is 0.244. The maximum atomic E-state index is 12.0.